The van der Waals surface area contributed by atoms with Gasteiger partial charge in [0.15, 0.2) is 0 Å². The summed E-state index contributed by atoms with van der Waals surface area (Å²) in [6.07, 6.45) is 0. The first-order valence-electron chi connectivity index (χ1n) is 10.1. The third kappa shape index (κ3) is 3.99. The van der Waals surface area contributed by atoms with Crippen LogP contribution in [0.1, 0.15) is 24.4 Å². The van der Waals surface area contributed by atoms with Crippen LogP contribution in [-0.4, -0.2) is 23.3 Å². The van der Waals surface area contributed by atoms with E-state index >= 15 is 0 Å². The molecule has 0 spiro atoms. The molecule has 2 aromatic carbocycles. The fourth-order valence-corrected chi connectivity index (χ4v) is 4.70. The summed E-state index contributed by atoms with van der Waals surface area (Å²) in [5.74, 6) is 1.47. The molecule has 0 fully saturated rings. The molecule has 33 heavy (non-hydrogen) atoms. The monoisotopic (exact) mass is 478 g/mol. The minimum absolute atomic E-state index is 0.285. The van der Waals surface area contributed by atoms with Crippen LogP contribution in [0.15, 0.2) is 76.3 Å². The van der Waals surface area contributed by atoms with Crippen molar-refractivity contribution in [3.8, 4) is 16.5 Å². The molecule has 1 aliphatic heterocycles. The average Bonchev–Trinajstić information content (AvgIpc) is 3.51. The molecule has 9 heteroatoms. The highest BCUT2D eigenvalue weighted by Gasteiger charge is 2.36. The molecule has 0 saturated carbocycles. The Hall–Kier alpha value is -3.62. The Bertz CT molecular complexity index is 1350. The highest BCUT2D eigenvalue weighted by Crippen LogP contribution is 2.40. The smallest absolute Gasteiger partial charge is 0.327 e. The molecule has 4 aromatic rings. The van der Waals surface area contributed by atoms with Gasteiger partial charge in [0.2, 0.25) is 5.82 Å². The molecule has 1 N–H and O–H groups in total. The van der Waals surface area contributed by atoms with E-state index < -0.39 is 6.04 Å². The van der Waals surface area contributed by atoms with Gasteiger partial charge in [0.1, 0.15) is 5.75 Å². The third-order valence-corrected chi connectivity index (χ3v) is 6.48. The first-order valence-corrected chi connectivity index (χ1v) is 11.4. The second-order valence-corrected chi connectivity index (χ2v) is 8.76. The van der Waals surface area contributed by atoms with Crippen molar-refractivity contribution in [3.05, 3.63) is 88.2 Å². The van der Waals surface area contributed by atoms with Gasteiger partial charge in [0.25, 0.3) is 5.89 Å². The summed E-state index contributed by atoms with van der Waals surface area (Å²) >= 11 is 7.78. The van der Waals surface area contributed by atoms with E-state index in [1.165, 1.54) is 11.3 Å². The highest BCUT2D eigenvalue weighted by molar-refractivity contribution is 7.13. The quantitative estimate of drug-likeness (QED) is 0.371. The lowest BCUT2D eigenvalue weighted by Crippen LogP contribution is -2.46. The van der Waals surface area contributed by atoms with E-state index in [9.17, 15) is 4.79 Å². The van der Waals surface area contributed by atoms with Gasteiger partial charge < -0.3 is 14.6 Å². The van der Waals surface area contributed by atoms with Gasteiger partial charge in [-0.3, -0.25) is 4.90 Å². The third-order valence-electron chi connectivity index (χ3n) is 5.38. The van der Waals surface area contributed by atoms with Crippen LogP contribution < -0.4 is 15.0 Å². The largest absolute Gasteiger partial charge is 0.497 e. The first-order chi connectivity index (χ1) is 16.0. The number of allylic oxidation sites excluding steroid dienone is 1. The molecule has 2 aromatic heterocycles. The molecule has 7 nitrogen and oxygen atoms in total. The number of thiophene rings is 1. The highest BCUT2D eigenvalue weighted by atomic mass is 35.5. The van der Waals surface area contributed by atoms with Crippen LogP contribution in [0.5, 0.6) is 5.75 Å². The van der Waals surface area contributed by atoms with Crippen molar-refractivity contribution in [2.45, 2.75) is 13.0 Å². The van der Waals surface area contributed by atoms with Gasteiger partial charge in [-0.25, -0.2) is 4.79 Å². The zero-order valence-corrected chi connectivity index (χ0v) is 19.4. The number of amides is 2. The maximum Gasteiger partial charge on any atom is 0.327 e. The summed E-state index contributed by atoms with van der Waals surface area (Å²) in [6.45, 7) is 1.86. The van der Waals surface area contributed by atoms with E-state index in [0.717, 1.165) is 10.4 Å². The van der Waals surface area contributed by atoms with Gasteiger partial charge in [-0.05, 0) is 48.2 Å². The molecule has 3 heterocycles. The summed E-state index contributed by atoms with van der Waals surface area (Å²) in [5.41, 5.74) is 2.82. The van der Waals surface area contributed by atoms with Crippen LogP contribution in [0.4, 0.5) is 10.5 Å². The van der Waals surface area contributed by atoms with Gasteiger partial charge in [-0.2, -0.15) is 4.98 Å². The maximum absolute atomic E-state index is 13.3. The van der Waals surface area contributed by atoms with E-state index in [4.69, 9.17) is 20.9 Å². The second kappa shape index (κ2) is 8.73. The number of benzene rings is 2. The number of hydrogen-bond donors (Lipinski definition) is 1. The number of hydrogen-bond acceptors (Lipinski definition) is 6. The van der Waals surface area contributed by atoms with Crippen molar-refractivity contribution in [1.82, 2.24) is 15.5 Å². The molecule has 0 saturated heterocycles. The molecule has 0 bridgehead atoms. The number of aromatic nitrogens is 2. The van der Waals surface area contributed by atoms with Crippen molar-refractivity contribution in [2.75, 3.05) is 12.0 Å². The standard InChI is InChI=1S/C24H19ClN4O3S/c1-14-20(23-27-22(28-32-23)19-10-5-11-33-19)21(15-6-3-7-16(25)12-15)26-24(30)29(14)17-8-4-9-18(13-17)31-2/h3-13,21H,1-2H3,(H,26,30). The number of nitrogens with zero attached hydrogens (tertiary/aromatic N) is 3. The fourth-order valence-electron chi connectivity index (χ4n) is 3.86. The van der Waals surface area contributed by atoms with Gasteiger partial charge >= 0.3 is 6.03 Å². The normalized spacial score (nSPS) is 16.2. The number of halogens is 1. The van der Waals surface area contributed by atoms with Crippen LogP contribution in [-0.2, 0) is 0 Å². The number of carbonyl (C=O) groups is 1. The molecular weight excluding hydrogens is 460 g/mol. The molecule has 5 rings (SSSR count). The summed E-state index contributed by atoms with van der Waals surface area (Å²) < 4.78 is 11.0. The molecular formula is C24H19ClN4O3S. The maximum atomic E-state index is 13.3. The Morgan fingerprint density at radius 3 is 2.76 bits per heavy atom. The summed E-state index contributed by atoms with van der Waals surface area (Å²) in [4.78, 5) is 20.4. The molecule has 1 aliphatic rings. The molecule has 1 unspecified atom stereocenters. The Kier molecular flexibility index (Phi) is 5.62. The van der Waals surface area contributed by atoms with Crippen LogP contribution >= 0.6 is 22.9 Å². The minimum atomic E-state index is -0.519. The topological polar surface area (TPSA) is 80.5 Å². The lowest BCUT2D eigenvalue weighted by Gasteiger charge is -2.35. The summed E-state index contributed by atoms with van der Waals surface area (Å²) in [5, 5.41) is 9.77. The molecule has 166 valence electrons. The van der Waals surface area contributed by atoms with E-state index in [0.29, 0.717) is 39.4 Å². The zero-order chi connectivity index (χ0) is 22.9. The van der Waals surface area contributed by atoms with Crippen molar-refractivity contribution < 1.29 is 14.1 Å². The van der Waals surface area contributed by atoms with Gasteiger partial charge in [0.05, 0.1) is 29.3 Å². The Morgan fingerprint density at radius 1 is 1.15 bits per heavy atom. The van der Waals surface area contributed by atoms with Crippen molar-refractivity contribution >= 4 is 40.2 Å². The predicted molar refractivity (Wildman–Crippen MR) is 128 cm³/mol. The Labute approximate surface area is 199 Å². The number of rotatable bonds is 5. The van der Waals surface area contributed by atoms with Crippen LogP contribution in [0, 0.1) is 0 Å². The molecule has 1 atom stereocenters. The van der Waals surface area contributed by atoms with Crippen LogP contribution in [0.3, 0.4) is 0 Å². The molecule has 2 amide bonds. The lowest BCUT2D eigenvalue weighted by atomic mass is 9.94. The van der Waals surface area contributed by atoms with Crippen molar-refractivity contribution in [3.63, 3.8) is 0 Å². The minimum Gasteiger partial charge on any atom is -0.497 e. The lowest BCUT2D eigenvalue weighted by molar-refractivity contribution is 0.244. The number of ether oxygens (including phenoxy) is 1. The van der Waals surface area contributed by atoms with Crippen molar-refractivity contribution in [1.29, 1.82) is 0 Å². The number of methoxy groups -OCH3 is 1. The number of urea groups is 1. The van der Waals surface area contributed by atoms with E-state index in [2.05, 4.69) is 15.5 Å². The molecule has 0 aliphatic carbocycles. The zero-order valence-electron chi connectivity index (χ0n) is 17.8. The Balaban J connectivity index is 1.67. The average molecular weight is 479 g/mol. The van der Waals surface area contributed by atoms with Crippen LogP contribution in [0.25, 0.3) is 16.3 Å². The second-order valence-electron chi connectivity index (χ2n) is 7.37. The number of carbonyl (C=O) groups excluding carboxylic acids is 1. The van der Waals surface area contributed by atoms with Gasteiger partial charge in [-0.1, -0.05) is 41.0 Å². The Morgan fingerprint density at radius 2 is 2.00 bits per heavy atom. The van der Waals surface area contributed by atoms with E-state index in [1.807, 2.05) is 60.8 Å². The van der Waals surface area contributed by atoms with Crippen LogP contribution in [0.2, 0.25) is 5.02 Å². The number of nitrogens with one attached hydrogen (secondary N) is 1. The summed E-state index contributed by atoms with van der Waals surface area (Å²) in [6, 6.07) is 17.7. The van der Waals surface area contributed by atoms with E-state index in [1.54, 1.807) is 24.1 Å². The van der Waals surface area contributed by atoms with Gasteiger partial charge in [-0.15, -0.1) is 11.3 Å². The van der Waals surface area contributed by atoms with Gasteiger partial charge in [0, 0.05) is 16.8 Å². The van der Waals surface area contributed by atoms with E-state index in [-0.39, 0.29) is 6.03 Å². The first kappa shape index (κ1) is 21.2. The fraction of sp³-hybridized carbons (Fsp3) is 0.125. The van der Waals surface area contributed by atoms with Crippen molar-refractivity contribution in [2.24, 2.45) is 0 Å². The number of anilines is 1. The molecule has 0 radical (unpaired) electrons. The summed E-state index contributed by atoms with van der Waals surface area (Å²) in [7, 11) is 1.59. The predicted octanol–water partition coefficient (Wildman–Crippen LogP) is 6.16. The SMILES string of the molecule is COc1cccc(N2C(=O)NC(c3cccc(Cl)c3)C(c3nc(-c4cccs4)no3)=C2C)c1.